The first-order chi connectivity index (χ1) is 22.1. The molecule has 0 saturated heterocycles. The van der Waals surface area contributed by atoms with Gasteiger partial charge < -0.3 is 20.7 Å². The Morgan fingerprint density at radius 3 is 2.55 bits per heavy atom. The summed E-state index contributed by atoms with van der Waals surface area (Å²) in [4.78, 5) is 35.2. The highest BCUT2D eigenvalue weighted by atomic mass is 32.2. The highest BCUT2D eigenvalue weighted by Gasteiger charge is 2.47. The van der Waals surface area contributed by atoms with Gasteiger partial charge in [-0.2, -0.15) is 0 Å². The van der Waals surface area contributed by atoms with E-state index in [2.05, 4.69) is 25.7 Å². The van der Waals surface area contributed by atoms with Gasteiger partial charge in [0.2, 0.25) is 10.0 Å². The third kappa shape index (κ3) is 8.49. The molecule has 254 valence electrons. The number of aromatic nitrogens is 2. The van der Waals surface area contributed by atoms with E-state index in [0.29, 0.717) is 22.9 Å². The molecule has 47 heavy (non-hydrogen) atoms. The fourth-order valence-electron chi connectivity index (χ4n) is 6.74. The molecule has 2 aliphatic rings. The maximum Gasteiger partial charge on any atom is 0.407 e. The number of hydrogen-bond acceptors (Lipinski definition) is 8. The summed E-state index contributed by atoms with van der Waals surface area (Å²) in [5, 5.41) is 9.73. The molecule has 2 saturated carbocycles. The average Bonchev–Trinajstić information content (AvgIpc) is 3.49. The van der Waals surface area contributed by atoms with Gasteiger partial charge in [-0.05, 0) is 104 Å². The van der Waals surface area contributed by atoms with Gasteiger partial charge in [-0.15, -0.1) is 11.3 Å². The van der Waals surface area contributed by atoms with Crippen LogP contribution in [0.5, 0.6) is 0 Å². The number of hydrogen-bond donors (Lipinski definition) is 4. The lowest BCUT2D eigenvalue weighted by Crippen LogP contribution is -2.50. The molecule has 2 aliphatic carbocycles. The zero-order valence-corrected chi connectivity index (χ0v) is 29.6. The molecule has 2 fully saturated rings. The maximum absolute atomic E-state index is 13.8. The molecular weight excluding hydrogens is 637 g/mol. The second-order valence-corrected chi connectivity index (χ2v) is 16.7. The van der Waals surface area contributed by atoms with Gasteiger partial charge in [0.1, 0.15) is 0 Å². The van der Waals surface area contributed by atoms with Gasteiger partial charge in [0.05, 0.1) is 32.6 Å². The third-order valence-corrected chi connectivity index (χ3v) is 11.8. The number of alkyl carbamates (subject to hydrolysis) is 1. The van der Waals surface area contributed by atoms with E-state index in [1.807, 2.05) is 32.9 Å². The summed E-state index contributed by atoms with van der Waals surface area (Å²) in [5.41, 5.74) is 0.734. The first kappa shape index (κ1) is 34.8. The molecule has 13 heteroatoms. The Morgan fingerprint density at radius 1 is 1.06 bits per heavy atom. The van der Waals surface area contributed by atoms with Crippen molar-refractivity contribution in [3.63, 3.8) is 0 Å². The monoisotopic (exact) mass is 682 g/mol. The van der Waals surface area contributed by atoms with Crippen LogP contribution in [-0.2, 0) is 20.2 Å². The van der Waals surface area contributed by atoms with Gasteiger partial charge in [-0.3, -0.25) is 4.98 Å². The van der Waals surface area contributed by atoms with Gasteiger partial charge in [0.15, 0.2) is 0 Å². The molecule has 0 aliphatic heterocycles. The standard InChI is InChI=1S/C34H46N6O5S2/c1-21(2)45-32(42)39-27-14-16-34(15-9-10-23(27)19-34)30-36-20-28(46-30)25-13-12-24(18-29(25)47(43,44)40-33(4,5)6)38-31(41)37-22(3)26-11-7-8-17-35-26/h7-8,11-13,17-18,20-23,27,40H,9-10,14-16,19H2,1-6H3,(H,39,42)(H2,37,38,41)/t22-,23?,27?,34?/m1/s1. The van der Waals surface area contributed by atoms with Crippen LogP contribution < -0.4 is 20.7 Å². The van der Waals surface area contributed by atoms with Crippen LogP contribution in [-0.4, -0.2) is 48.2 Å². The van der Waals surface area contributed by atoms with Crippen LogP contribution in [0.3, 0.4) is 0 Å². The number of thiazole rings is 1. The quantitative estimate of drug-likeness (QED) is 0.192. The van der Waals surface area contributed by atoms with Gasteiger partial charge in [0, 0.05) is 40.6 Å². The van der Waals surface area contributed by atoms with Crippen molar-refractivity contribution >= 4 is 39.2 Å². The number of urea groups is 1. The van der Waals surface area contributed by atoms with Crippen LogP contribution in [0.25, 0.3) is 10.4 Å². The number of carbonyl (C=O) groups excluding carboxylic acids is 2. The van der Waals surface area contributed by atoms with E-state index in [0.717, 1.165) is 48.4 Å². The van der Waals surface area contributed by atoms with Gasteiger partial charge in [0.25, 0.3) is 0 Å². The largest absolute Gasteiger partial charge is 0.447 e. The minimum absolute atomic E-state index is 0.0637. The summed E-state index contributed by atoms with van der Waals surface area (Å²) >= 11 is 1.53. The van der Waals surface area contributed by atoms with Crippen molar-refractivity contribution in [1.82, 2.24) is 25.3 Å². The summed E-state index contributed by atoms with van der Waals surface area (Å²) in [6.45, 7) is 10.9. The number of carbonyl (C=O) groups is 2. The predicted octanol–water partition coefficient (Wildman–Crippen LogP) is 6.89. The zero-order chi connectivity index (χ0) is 34.0. The molecular formula is C34H46N6O5S2. The van der Waals surface area contributed by atoms with Crippen molar-refractivity contribution in [2.24, 2.45) is 5.92 Å². The SMILES string of the molecule is CC(C)OC(=O)NC1CCC2(c3ncc(-c4ccc(NC(=O)N[C@H](C)c5ccccn5)cc4S(=O)(=O)NC(C)(C)C)s3)CCCC1C2. The molecule has 0 radical (unpaired) electrons. The molecule has 3 amide bonds. The van der Waals surface area contributed by atoms with Crippen LogP contribution in [0.15, 0.2) is 53.7 Å². The van der Waals surface area contributed by atoms with Crippen LogP contribution in [0, 0.1) is 5.92 Å². The van der Waals surface area contributed by atoms with Crippen molar-refractivity contribution in [2.45, 2.75) is 114 Å². The average molecular weight is 683 g/mol. The van der Waals surface area contributed by atoms with E-state index in [-0.39, 0.29) is 34.6 Å². The Kier molecular flexibility index (Phi) is 10.3. The number of sulfonamides is 1. The molecule has 1 aromatic carbocycles. The van der Waals surface area contributed by atoms with E-state index < -0.39 is 21.6 Å². The van der Waals surface area contributed by atoms with Crippen LogP contribution in [0.1, 0.15) is 96.8 Å². The number of nitrogens with one attached hydrogen (secondary N) is 4. The Bertz CT molecular complexity index is 1690. The van der Waals surface area contributed by atoms with Crippen molar-refractivity contribution in [1.29, 1.82) is 0 Å². The number of ether oxygens (including phenoxy) is 1. The number of fused-ring (bicyclic) bond motifs is 2. The molecule has 4 N–H and O–H groups in total. The van der Waals surface area contributed by atoms with Crippen molar-refractivity contribution < 1.29 is 22.7 Å². The first-order valence-electron chi connectivity index (χ1n) is 16.2. The molecule has 5 rings (SSSR count). The van der Waals surface area contributed by atoms with E-state index in [1.54, 1.807) is 51.4 Å². The summed E-state index contributed by atoms with van der Waals surface area (Å²) in [6.07, 6.45) is 8.60. The minimum Gasteiger partial charge on any atom is -0.447 e. The summed E-state index contributed by atoms with van der Waals surface area (Å²) in [7, 11) is -3.99. The number of nitrogens with zero attached hydrogens (tertiary/aromatic N) is 2. The van der Waals surface area contributed by atoms with E-state index in [4.69, 9.17) is 9.72 Å². The molecule has 11 nitrogen and oxygen atoms in total. The van der Waals surface area contributed by atoms with Crippen molar-refractivity contribution in [2.75, 3.05) is 5.32 Å². The highest BCUT2D eigenvalue weighted by Crippen LogP contribution is 2.52. The highest BCUT2D eigenvalue weighted by molar-refractivity contribution is 7.89. The summed E-state index contributed by atoms with van der Waals surface area (Å²) in [6, 6.07) is 9.65. The molecule has 4 atom stereocenters. The second kappa shape index (κ2) is 13.9. The third-order valence-electron chi connectivity index (χ3n) is 8.71. The molecule has 3 unspecified atom stereocenters. The minimum atomic E-state index is -3.99. The summed E-state index contributed by atoms with van der Waals surface area (Å²) in [5.74, 6) is 0.327. The predicted molar refractivity (Wildman–Crippen MR) is 184 cm³/mol. The Balaban J connectivity index is 1.39. The fourth-order valence-corrected chi connectivity index (χ4v) is 9.68. The number of amides is 3. The lowest BCUT2D eigenvalue weighted by molar-refractivity contribution is 0.0824. The van der Waals surface area contributed by atoms with Crippen molar-refractivity contribution in [3.05, 3.63) is 59.5 Å². The molecule has 3 aromatic rings. The van der Waals surface area contributed by atoms with Gasteiger partial charge >= 0.3 is 12.1 Å². The lowest BCUT2D eigenvalue weighted by Gasteiger charge is -2.47. The normalized spacial score (nSPS) is 21.9. The topological polar surface area (TPSA) is 151 Å². The molecule has 2 heterocycles. The molecule has 0 spiro atoms. The Hall–Kier alpha value is -3.55. The lowest BCUT2D eigenvalue weighted by atomic mass is 9.60. The van der Waals surface area contributed by atoms with Crippen LogP contribution in [0.2, 0.25) is 0 Å². The van der Waals surface area contributed by atoms with Gasteiger partial charge in [-0.1, -0.05) is 18.6 Å². The molecule has 2 aromatic heterocycles. The first-order valence-corrected chi connectivity index (χ1v) is 18.5. The van der Waals surface area contributed by atoms with E-state index in [9.17, 15) is 18.0 Å². The van der Waals surface area contributed by atoms with Crippen LogP contribution >= 0.6 is 11.3 Å². The number of rotatable bonds is 9. The molecule has 2 bridgehead atoms. The zero-order valence-electron chi connectivity index (χ0n) is 27.9. The summed E-state index contributed by atoms with van der Waals surface area (Å²) < 4.78 is 35.7. The smallest absolute Gasteiger partial charge is 0.407 e. The van der Waals surface area contributed by atoms with Crippen molar-refractivity contribution in [3.8, 4) is 10.4 Å². The number of benzene rings is 1. The van der Waals surface area contributed by atoms with Gasteiger partial charge in [-0.25, -0.2) is 27.7 Å². The Labute approximate surface area is 281 Å². The Morgan fingerprint density at radius 2 is 1.85 bits per heavy atom. The number of pyridine rings is 1. The fraction of sp³-hybridized carbons (Fsp3) is 0.529. The van der Waals surface area contributed by atoms with Crippen LogP contribution in [0.4, 0.5) is 15.3 Å². The number of anilines is 1. The second-order valence-electron chi connectivity index (χ2n) is 14.1. The van der Waals surface area contributed by atoms with E-state index >= 15 is 0 Å². The maximum atomic E-state index is 13.8. The van der Waals surface area contributed by atoms with E-state index in [1.165, 1.54) is 17.4 Å².